The molecule has 0 saturated carbocycles. The minimum atomic E-state index is -0.964. The van der Waals surface area contributed by atoms with E-state index in [1.165, 1.54) is 0 Å². The van der Waals surface area contributed by atoms with Crippen molar-refractivity contribution >= 4 is 5.97 Å². The molecular formula is C13H22N4O3. The van der Waals surface area contributed by atoms with E-state index < -0.39 is 5.97 Å². The number of nitrogens with one attached hydrogen (secondary N) is 1. The average Bonchev–Trinajstić information content (AvgIpc) is 2.71. The third-order valence-electron chi connectivity index (χ3n) is 3.37. The largest absolute Gasteiger partial charge is 0.477 e. The van der Waals surface area contributed by atoms with E-state index in [2.05, 4.69) is 20.0 Å². The maximum atomic E-state index is 11.1. The molecule has 2 N–H and O–H groups in total. The number of aromatic carboxylic acids is 1. The molecule has 0 bridgehead atoms. The SMILES string of the molecule is CN(C)C[C@@H]1COCCN(Cc2cn[nH]c2C(=O)O)C1. The first-order chi connectivity index (χ1) is 9.56. The molecule has 0 aromatic carbocycles. The predicted octanol–water partition coefficient (Wildman–Crippen LogP) is 0.118. The van der Waals surface area contributed by atoms with Crippen LogP contribution in [-0.2, 0) is 11.3 Å². The average molecular weight is 282 g/mol. The van der Waals surface area contributed by atoms with Gasteiger partial charge in [0, 0.05) is 37.7 Å². The number of carboxylic acid groups (broad SMARTS) is 1. The monoisotopic (exact) mass is 282 g/mol. The molecule has 1 aliphatic rings. The molecule has 1 aromatic heterocycles. The topological polar surface area (TPSA) is 81.7 Å². The van der Waals surface area contributed by atoms with E-state index in [0.717, 1.165) is 31.8 Å². The van der Waals surface area contributed by atoms with E-state index in [1.807, 2.05) is 14.1 Å². The molecule has 1 atom stereocenters. The van der Waals surface area contributed by atoms with Crippen LogP contribution in [0.5, 0.6) is 0 Å². The Morgan fingerprint density at radius 1 is 1.65 bits per heavy atom. The first-order valence-electron chi connectivity index (χ1n) is 6.76. The number of rotatable bonds is 5. The Morgan fingerprint density at radius 3 is 3.15 bits per heavy atom. The summed E-state index contributed by atoms with van der Waals surface area (Å²) in [7, 11) is 4.10. The van der Waals surface area contributed by atoms with Gasteiger partial charge in [0.25, 0.3) is 0 Å². The number of ether oxygens (including phenoxy) is 1. The van der Waals surface area contributed by atoms with E-state index in [1.54, 1.807) is 6.20 Å². The van der Waals surface area contributed by atoms with Crippen molar-refractivity contribution in [3.05, 3.63) is 17.5 Å². The Hall–Kier alpha value is -1.44. The number of H-pyrrole nitrogens is 1. The second-order valence-electron chi connectivity index (χ2n) is 5.51. The normalized spacial score (nSPS) is 21.1. The van der Waals surface area contributed by atoms with Crippen molar-refractivity contribution in [1.29, 1.82) is 0 Å². The van der Waals surface area contributed by atoms with Gasteiger partial charge in [0.15, 0.2) is 0 Å². The van der Waals surface area contributed by atoms with Crippen LogP contribution in [0.2, 0.25) is 0 Å². The summed E-state index contributed by atoms with van der Waals surface area (Å²) in [6.45, 7) is 4.71. The van der Waals surface area contributed by atoms with Crippen LogP contribution in [0.25, 0.3) is 0 Å². The number of aromatic amines is 1. The smallest absolute Gasteiger partial charge is 0.354 e. The Bertz CT molecular complexity index is 447. The van der Waals surface area contributed by atoms with Crippen LogP contribution in [0.15, 0.2) is 6.20 Å². The highest BCUT2D eigenvalue weighted by molar-refractivity contribution is 5.86. The number of hydrogen-bond donors (Lipinski definition) is 2. The van der Waals surface area contributed by atoms with Crippen molar-refractivity contribution in [2.24, 2.45) is 5.92 Å². The van der Waals surface area contributed by atoms with E-state index in [0.29, 0.717) is 19.1 Å². The summed E-state index contributed by atoms with van der Waals surface area (Å²) in [5.74, 6) is -0.527. The van der Waals surface area contributed by atoms with Gasteiger partial charge in [0.05, 0.1) is 19.4 Å². The summed E-state index contributed by atoms with van der Waals surface area (Å²) in [5, 5.41) is 15.5. The Balaban J connectivity index is 2.00. The molecule has 1 fully saturated rings. The van der Waals surface area contributed by atoms with Crippen molar-refractivity contribution in [2.75, 3.05) is 46.9 Å². The third-order valence-corrected chi connectivity index (χ3v) is 3.37. The van der Waals surface area contributed by atoms with Gasteiger partial charge in [0.2, 0.25) is 0 Å². The highest BCUT2D eigenvalue weighted by Crippen LogP contribution is 2.13. The van der Waals surface area contributed by atoms with Gasteiger partial charge in [-0.3, -0.25) is 10.00 Å². The molecule has 1 aliphatic heterocycles. The van der Waals surface area contributed by atoms with Gasteiger partial charge >= 0.3 is 5.97 Å². The van der Waals surface area contributed by atoms with Gasteiger partial charge in [-0.25, -0.2) is 4.79 Å². The van der Waals surface area contributed by atoms with Crippen molar-refractivity contribution < 1.29 is 14.6 Å². The summed E-state index contributed by atoms with van der Waals surface area (Å²) in [4.78, 5) is 15.5. The molecule has 0 spiro atoms. The summed E-state index contributed by atoms with van der Waals surface area (Å²) in [5.41, 5.74) is 0.905. The van der Waals surface area contributed by atoms with Crippen LogP contribution in [0.4, 0.5) is 0 Å². The van der Waals surface area contributed by atoms with Crippen LogP contribution >= 0.6 is 0 Å². The highest BCUT2D eigenvalue weighted by atomic mass is 16.5. The van der Waals surface area contributed by atoms with Crippen LogP contribution < -0.4 is 0 Å². The molecule has 7 nitrogen and oxygen atoms in total. The fourth-order valence-electron chi connectivity index (χ4n) is 2.58. The molecular weight excluding hydrogens is 260 g/mol. The van der Waals surface area contributed by atoms with Gasteiger partial charge in [-0.05, 0) is 14.1 Å². The van der Waals surface area contributed by atoms with Crippen LogP contribution in [0.3, 0.4) is 0 Å². The zero-order chi connectivity index (χ0) is 14.5. The standard InChI is InChI=1S/C13H22N4O3/c1-16(2)6-10-7-17(3-4-20-9-10)8-11-5-14-15-12(11)13(18)19/h5,10H,3-4,6-9H2,1-2H3,(H,14,15)(H,18,19)/t10-/m0/s1. The lowest BCUT2D eigenvalue weighted by molar-refractivity contribution is 0.0688. The van der Waals surface area contributed by atoms with Gasteiger partial charge < -0.3 is 14.7 Å². The number of carbonyl (C=O) groups is 1. The van der Waals surface area contributed by atoms with E-state index in [-0.39, 0.29) is 5.69 Å². The minimum absolute atomic E-state index is 0.180. The van der Waals surface area contributed by atoms with Crippen molar-refractivity contribution in [1.82, 2.24) is 20.0 Å². The van der Waals surface area contributed by atoms with Gasteiger partial charge in [0.1, 0.15) is 5.69 Å². The maximum absolute atomic E-state index is 11.1. The molecule has 1 aromatic rings. The zero-order valence-electron chi connectivity index (χ0n) is 12.0. The molecule has 0 radical (unpaired) electrons. The molecule has 20 heavy (non-hydrogen) atoms. The number of nitrogens with zero attached hydrogens (tertiary/aromatic N) is 3. The Labute approximate surface area is 118 Å². The van der Waals surface area contributed by atoms with Gasteiger partial charge in [-0.2, -0.15) is 5.10 Å². The molecule has 0 aliphatic carbocycles. The van der Waals surface area contributed by atoms with E-state index >= 15 is 0 Å². The number of hydrogen-bond acceptors (Lipinski definition) is 5. The second-order valence-corrected chi connectivity index (χ2v) is 5.51. The lowest BCUT2D eigenvalue weighted by atomic mass is 10.1. The Morgan fingerprint density at radius 2 is 2.45 bits per heavy atom. The van der Waals surface area contributed by atoms with Crippen molar-refractivity contribution in [3.8, 4) is 0 Å². The predicted molar refractivity (Wildman–Crippen MR) is 73.7 cm³/mol. The molecule has 112 valence electrons. The molecule has 0 unspecified atom stereocenters. The molecule has 0 amide bonds. The summed E-state index contributed by atoms with van der Waals surface area (Å²) in [6.07, 6.45) is 1.59. The molecule has 2 heterocycles. The Kier molecular flexibility index (Phi) is 5.11. The van der Waals surface area contributed by atoms with Crippen molar-refractivity contribution in [2.45, 2.75) is 6.54 Å². The van der Waals surface area contributed by atoms with Crippen molar-refractivity contribution in [3.63, 3.8) is 0 Å². The van der Waals surface area contributed by atoms with Gasteiger partial charge in [-0.1, -0.05) is 0 Å². The summed E-state index contributed by atoms with van der Waals surface area (Å²) < 4.78 is 5.63. The van der Waals surface area contributed by atoms with Crippen LogP contribution in [-0.4, -0.2) is 78.0 Å². The number of carboxylic acids is 1. The minimum Gasteiger partial charge on any atom is -0.477 e. The van der Waals surface area contributed by atoms with Crippen LogP contribution in [0, 0.1) is 5.92 Å². The van der Waals surface area contributed by atoms with E-state index in [9.17, 15) is 4.79 Å². The second kappa shape index (κ2) is 6.83. The summed E-state index contributed by atoms with van der Waals surface area (Å²) >= 11 is 0. The number of aromatic nitrogens is 2. The van der Waals surface area contributed by atoms with Gasteiger partial charge in [-0.15, -0.1) is 0 Å². The lowest BCUT2D eigenvalue weighted by Gasteiger charge is -2.24. The quantitative estimate of drug-likeness (QED) is 0.798. The van der Waals surface area contributed by atoms with Crippen LogP contribution in [0.1, 0.15) is 16.1 Å². The first-order valence-corrected chi connectivity index (χ1v) is 6.76. The lowest BCUT2D eigenvalue weighted by Crippen LogP contribution is -2.34. The zero-order valence-corrected chi connectivity index (χ0v) is 12.0. The van der Waals surface area contributed by atoms with E-state index in [4.69, 9.17) is 9.84 Å². The molecule has 7 heteroatoms. The third kappa shape index (κ3) is 4.03. The molecule has 2 rings (SSSR count). The highest BCUT2D eigenvalue weighted by Gasteiger charge is 2.21. The fraction of sp³-hybridized carbons (Fsp3) is 0.692. The fourth-order valence-corrected chi connectivity index (χ4v) is 2.58. The first kappa shape index (κ1) is 15.0. The molecule has 1 saturated heterocycles. The summed E-state index contributed by atoms with van der Waals surface area (Å²) in [6, 6.07) is 0. The maximum Gasteiger partial charge on any atom is 0.354 e.